The summed E-state index contributed by atoms with van der Waals surface area (Å²) in [6.07, 6.45) is -0.547. The first-order chi connectivity index (χ1) is 6.34. The standard InChI is InChI=1S/C10H16O4/c1-6(5-7(2)11)10(8(3)12)14-9(4)13/h6,10H,5H2,1-4H3/t6-,10-/m1/s1. The van der Waals surface area contributed by atoms with E-state index in [-0.39, 0.29) is 23.9 Å². The maximum Gasteiger partial charge on any atom is 0.303 e. The summed E-state index contributed by atoms with van der Waals surface area (Å²) in [5.74, 6) is -1.00. The maximum atomic E-state index is 11.1. The van der Waals surface area contributed by atoms with Crippen LogP contribution >= 0.6 is 0 Å². The molecule has 14 heavy (non-hydrogen) atoms. The van der Waals surface area contributed by atoms with E-state index in [0.29, 0.717) is 0 Å². The van der Waals surface area contributed by atoms with Gasteiger partial charge in [-0.05, 0) is 13.8 Å². The number of hydrogen-bond acceptors (Lipinski definition) is 4. The number of ketones is 2. The average Bonchev–Trinajstić information content (AvgIpc) is 1.97. The van der Waals surface area contributed by atoms with Gasteiger partial charge in [-0.15, -0.1) is 0 Å². The van der Waals surface area contributed by atoms with Gasteiger partial charge in [-0.1, -0.05) is 6.92 Å². The first-order valence-electron chi connectivity index (χ1n) is 4.51. The fourth-order valence-corrected chi connectivity index (χ4v) is 1.34. The Hall–Kier alpha value is -1.19. The second kappa shape index (κ2) is 5.52. The van der Waals surface area contributed by atoms with E-state index in [1.165, 1.54) is 20.8 Å². The van der Waals surface area contributed by atoms with Crippen LogP contribution < -0.4 is 0 Å². The predicted octanol–water partition coefficient (Wildman–Crippen LogP) is 1.12. The molecule has 0 rings (SSSR count). The molecule has 0 spiro atoms. The summed E-state index contributed by atoms with van der Waals surface area (Å²) in [7, 11) is 0. The summed E-state index contributed by atoms with van der Waals surface area (Å²) in [5, 5.41) is 0. The van der Waals surface area contributed by atoms with Crippen molar-refractivity contribution < 1.29 is 19.1 Å². The molecular weight excluding hydrogens is 184 g/mol. The second-order valence-electron chi connectivity index (χ2n) is 3.52. The minimum absolute atomic E-state index is 0.0177. The van der Waals surface area contributed by atoms with Crippen LogP contribution in [-0.2, 0) is 19.1 Å². The number of Topliss-reactive ketones (excluding diaryl/α,β-unsaturated/α-hetero) is 2. The van der Waals surface area contributed by atoms with Crippen molar-refractivity contribution in [1.82, 2.24) is 0 Å². The first kappa shape index (κ1) is 12.8. The Bertz CT molecular complexity index is 245. The van der Waals surface area contributed by atoms with Crippen molar-refractivity contribution in [3.05, 3.63) is 0 Å². The molecule has 0 N–H and O–H groups in total. The van der Waals surface area contributed by atoms with Gasteiger partial charge in [-0.2, -0.15) is 0 Å². The number of rotatable bonds is 5. The lowest BCUT2D eigenvalue weighted by Gasteiger charge is -2.19. The third-order valence-corrected chi connectivity index (χ3v) is 1.82. The van der Waals surface area contributed by atoms with Gasteiger partial charge in [-0.25, -0.2) is 0 Å². The molecule has 0 aromatic carbocycles. The summed E-state index contributed by atoms with van der Waals surface area (Å²) >= 11 is 0. The van der Waals surface area contributed by atoms with Crippen LogP contribution in [0.15, 0.2) is 0 Å². The molecule has 0 radical (unpaired) electrons. The molecule has 0 amide bonds. The molecule has 4 nitrogen and oxygen atoms in total. The van der Waals surface area contributed by atoms with E-state index in [4.69, 9.17) is 4.74 Å². The fraction of sp³-hybridized carbons (Fsp3) is 0.700. The van der Waals surface area contributed by atoms with Crippen molar-refractivity contribution in [1.29, 1.82) is 0 Å². The highest BCUT2D eigenvalue weighted by Gasteiger charge is 2.25. The second-order valence-corrected chi connectivity index (χ2v) is 3.52. The topological polar surface area (TPSA) is 60.4 Å². The number of hydrogen-bond donors (Lipinski definition) is 0. The Kier molecular flexibility index (Phi) is 5.05. The summed E-state index contributed by atoms with van der Waals surface area (Å²) in [4.78, 5) is 32.6. The Balaban J connectivity index is 4.40. The predicted molar refractivity (Wildman–Crippen MR) is 50.7 cm³/mol. The molecule has 0 heterocycles. The SMILES string of the molecule is CC(=O)C[C@@H](C)[C@@H](OC(C)=O)C(C)=O. The summed E-state index contributed by atoms with van der Waals surface area (Å²) < 4.78 is 4.83. The van der Waals surface area contributed by atoms with Crippen molar-refractivity contribution in [3.63, 3.8) is 0 Å². The van der Waals surface area contributed by atoms with E-state index in [9.17, 15) is 14.4 Å². The smallest absolute Gasteiger partial charge is 0.303 e. The minimum atomic E-state index is -0.795. The lowest BCUT2D eigenvalue weighted by Crippen LogP contribution is -2.32. The lowest BCUT2D eigenvalue weighted by molar-refractivity contribution is -0.155. The monoisotopic (exact) mass is 200 g/mol. The van der Waals surface area contributed by atoms with Crippen LogP contribution in [0, 0.1) is 5.92 Å². The van der Waals surface area contributed by atoms with E-state index in [1.54, 1.807) is 6.92 Å². The van der Waals surface area contributed by atoms with E-state index in [0.717, 1.165) is 0 Å². The zero-order chi connectivity index (χ0) is 11.3. The van der Waals surface area contributed by atoms with Crippen LogP contribution in [0.4, 0.5) is 0 Å². The first-order valence-corrected chi connectivity index (χ1v) is 4.51. The molecule has 0 aliphatic heterocycles. The van der Waals surface area contributed by atoms with Crippen LogP contribution in [0.2, 0.25) is 0 Å². The van der Waals surface area contributed by atoms with Gasteiger partial charge in [0.1, 0.15) is 5.78 Å². The molecule has 2 atom stereocenters. The van der Waals surface area contributed by atoms with Crippen molar-refractivity contribution >= 4 is 17.5 Å². The van der Waals surface area contributed by atoms with Gasteiger partial charge in [-0.3, -0.25) is 9.59 Å². The van der Waals surface area contributed by atoms with Gasteiger partial charge in [0, 0.05) is 19.3 Å². The van der Waals surface area contributed by atoms with Crippen LogP contribution in [0.1, 0.15) is 34.1 Å². The van der Waals surface area contributed by atoms with Crippen LogP contribution in [0.5, 0.6) is 0 Å². The maximum absolute atomic E-state index is 11.1. The van der Waals surface area contributed by atoms with Gasteiger partial charge in [0.25, 0.3) is 0 Å². The van der Waals surface area contributed by atoms with Crippen LogP contribution in [0.25, 0.3) is 0 Å². The lowest BCUT2D eigenvalue weighted by atomic mass is 9.96. The largest absolute Gasteiger partial charge is 0.454 e. The van der Waals surface area contributed by atoms with Crippen molar-refractivity contribution in [2.45, 2.75) is 40.2 Å². The van der Waals surface area contributed by atoms with E-state index in [1.807, 2.05) is 0 Å². The molecule has 0 unspecified atom stereocenters. The van der Waals surface area contributed by atoms with Gasteiger partial charge >= 0.3 is 5.97 Å². The van der Waals surface area contributed by atoms with Crippen molar-refractivity contribution in [2.24, 2.45) is 5.92 Å². The van der Waals surface area contributed by atoms with E-state index < -0.39 is 12.1 Å². The van der Waals surface area contributed by atoms with Crippen molar-refractivity contribution in [3.8, 4) is 0 Å². The molecule has 0 aliphatic carbocycles. The number of carbonyl (C=O) groups is 3. The van der Waals surface area contributed by atoms with Gasteiger partial charge in [0.2, 0.25) is 0 Å². The quantitative estimate of drug-likeness (QED) is 0.624. The number of carbonyl (C=O) groups excluding carboxylic acids is 3. The molecule has 80 valence electrons. The Morgan fingerprint density at radius 3 is 1.93 bits per heavy atom. The van der Waals surface area contributed by atoms with Crippen LogP contribution in [-0.4, -0.2) is 23.6 Å². The third kappa shape index (κ3) is 4.74. The molecule has 4 heteroatoms. The third-order valence-electron chi connectivity index (χ3n) is 1.82. The molecular formula is C10H16O4. The fourth-order valence-electron chi connectivity index (χ4n) is 1.34. The van der Waals surface area contributed by atoms with Crippen molar-refractivity contribution in [2.75, 3.05) is 0 Å². The molecule has 0 saturated heterocycles. The molecule has 0 aromatic rings. The van der Waals surface area contributed by atoms with E-state index >= 15 is 0 Å². The zero-order valence-corrected chi connectivity index (χ0v) is 8.99. The summed E-state index contributed by atoms with van der Waals surface area (Å²) in [6, 6.07) is 0. The van der Waals surface area contributed by atoms with Crippen LogP contribution in [0.3, 0.4) is 0 Å². The normalized spacial score (nSPS) is 14.3. The molecule has 0 saturated carbocycles. The summed E-state index contributed by atoms with van der Waals surface area (Å²) in [6.45, 7) is 5.76. The number of esters is 1. The average molecular weight is 200 g/mol. The minimum Gasteiger partial charge on any atom is -0.454 e. The Morgan fingerprint density at radius 2 is 1.64 bits per heavy atom. The van der Waals surface area contributed by atoms with Gasteiger partial charge < -0.3 is 9.53 Å². The molecule has 0 fully saturated rings. The van der Waals surface area contributed by atoms with E-state index in [2.05, 4.69) is 0 Å². The Labute approximate surface area is 83.6 Å². The summed E-state index contributed by atoms with van der Waals surface area (Å²) in [5.41, 5.74) is 0. The zero-order valence-electron chi connectivity index (χ0n) is 8.99. The van der Waals surface area contributed by atoms with Gasteiger partial charge in [0.05, 0.1) is 0 Å². The highest BCUT2D eigenvalue weighted by Crippen LogP contribution is 2.13. The highest BCUT2D eigenvalue weighted by molar-refractivity contribution is 5.84. The highest BCUT2D eigenvalue weighted by atomic mass is 16.5. The molecule has 0 aromatic heterocycles. The molecule has 0 bridgehead atoms. The Morgan fingerprint density at radius 1 is 1.14 bits per heavy atom. The number of ether oxygens (including phenoxy) is 1. The molecule has 0 aliphatic rings. The van der Waals surface area contributed by atoms with Gasteiger partial charge in [0.15, 0.2) is 11.9 Å².